The number of carbonyl (C=O) groups is 1. The van der Waals surface area contributed by atoms with Gasteiger partial charge in [0.25, 0.3) is 5.91 Å². The molecule has 1 amide bonds. The molecular formula is C15H18N4O. The highest BCUT2D eigenvalue weighted by molar-refractivity contribution is 5.97. The van der Waals surface area contributed by atoms with Crippen LogP contribution in [-0.2, 0) is 12.8 Å². The fraction of sp³-hybridized carbons (Fsp3) is 0.333. The molecule has 1 aromatic carbocycles. The summed E-state index contributed by atoms with van der Waals surface area (Å²) in [5, 5.41) is 9.71. The Bertz CT molecular complexity index is 647. The van der Waals surface area contributed by atoms with E-state index in [-0.39, 0.29) is 5.91 Å². The molecule has 104 valence electrons. The summed E-state index contributed by atoms with van der Waals surface area (Å²) in [4.78, 5) is 12.1. The fourth-order valence-electron chi connectivity index (χ4n) is 2.67. The minimum atomic E-state index is -0.206. The van der Waals surface area contributed by atoms with Crippen LogP contribution >= 0.6 is 0 Å². The van der Waals surface area contributed by atoms with Crippen LogP contribution in [0.4, 0.5) is 5.69 Å². The highest BCUT2D eigenvalue weighted by Crippen LogP contribution is 2.34. The van der Waals surface area contributed by atoms with Crippen molar-refractivity contribution in [2.45, 2.75) is 25.7 Å². The number of aromatic nitrogens is 2. The number of nitrogens with zero attached hydrogens (tertiary/aromatic N) is 1. The average molecular weight is 270 g/mol. The summed E-state index contributed by atoms with van der Waals surface area (Å²) >= 11 is 0. The van der Waals surface area contributed by atoms with Gasteiger partial charge in [-0.15, -0.1) is 0 Å². The standard InChI is InChI=1S/C15H18N4O/c1-2-12-13(16)14(19-18-12)15(20)17-8-10-7-9-5-3-4-6-11(9)10/h3-6,10H,2,7-8,16H2,1H3,(H,17,20)(H,18,19). The zero-order chi connectivity index (χ0) is 14.1. The molecule has 2 aromatic rings. The van der Waals surface area contributed by atoms with Crippen LogP contribution in [0.3, 0.4) is 0 Å². The number of benzene rings is 1. The number of amides is 1. The molecule has 1 unspecified atom stereocenters. The van der Waals surface area contributed by atoms with E-state index in [4.69, 9.17) is 5.73 Å². The van der Waals surface area contributed by atoms with Crippen molar-refractivity contribution in [3.63, 3.8) is 0 Å². The first-order chi connectivity index (χ1) is 9.70. The number of hydrogen-bond acceptors (Lipinski definition) is 3. The van der Waals surface area contributed by atoms with Crippen LogP contribution in [0, 0.1) is 0 Å². The first-order valence-corrected chi connectivity index (χ1v) is 6.89. The van der Waals surface area contributed by atoms with Gasteiger partial charge in [-0.1, -0.05) is 31.2 Å². The van der Waals surface area contributed by atoms with Gasteiger partial charge in [0.2, 0.25) is 0 Å². The minimum Gasteiger partial charge on any atom is -0.395 e. The van der Waals surface area contributed by atoms with Gasteiger partial charge in [-0.25, -0.2) is 0 Å². The van der Waals surface area contributed by atoms with E-state index in [2.05, 4.69) is 27.6 Å². The van der Waals surface area contributed by atoms with Gasteiger partial charge in [-0.2, -0.15) is 5.10 Å². The van der Waals surface area contributed by atoms with Crippen molar-refractivity contribution in [1.82, 2.24) is 15.5 Å². The molecule has 0 aliphatic heterocycles. The molecule has 1 heterocycles. The molecule has 5 nitrogen and oxygen atoms in total. The number of hydrogen-bond donors (Lipinski definition) is 3. The molecule has 3 rings (SSSR count). The van der Waals surface area contributed by atoms with Crippen LogP contribution in [0.2, 0.25) is 0 Å². The molecule has 20 heavy (non-hydrogen) atoms. The molecule has 0 saturated heterocycles. The van der Waals surface area contributed by atoms with Crippen LogP contribution in [0.5, 0.6) is 0 Å². The van der Waals surface area contributed by atoms with Gasteiger partial charge in [0.1, 0.15) is 0 Å². The summed E-state index contributed by atoms with van der Waals surface area (Å²) in [6, 6.07) is 8.33. The van der Waals surface area contributed by atoms with Crippen molar-refractivity contribution in [1.29, 1.82) is 0 Å². The number of carbonyl (C=O) groups excluding carboxylic acids is 1. The van der Waals surface area contributed by atoms with Gasteiger partial charge in [-0.05, 0) is 24.0 Å². The topological polar surface area (TPSA) is 83.8 Å². The number of H-pyrrole nitrogens is 1. The summed E-state index contributed by atoms with van der Waals surface area (Å²) in [7, 11) is 0. The van der Waals surface area contributed by atoms with Gasteiger partial charge in [0.15, 0.2) is 5.69 Å². The summed E-state index contributed by atoms with van der Waals surface area (Å²) in [5.41, 5.74) is 10.2. The SMILES string of the molecule is CCc1[nH]nc(C(=O)NCC2Cc3ccccc32)c1N. The zero-order valence-corrected chi connectivity index (χ0v) is 11.4. The quantitative estimate of drug-likeness (QED) is 0.789. The Morgan fingerprint density at radius 2 is 2.30 bits per heavy atom. The van der Waals surface area contributed by atoms with Crippen LogP contribution in [0.15, 0.2) is 24.3 Å². The molecule has 0 bridgehead atoms. The van der Waals surface area contributed by atoms with Gasteiger partial charge in [-0.3, -0.25) is 9.89 Å². The second-order valence-electron chi connectivity index (χ2n) is 5.13. The van der Waals surface area contributed by atoms with E-state index < -0.39 is 0 Å². The second kappa shape index (κ2) is 5.00. The molecule has 0 radical (unpaired) electrons. The smallest absolute Gasteiger partial charge is 0.273 e. The maximum absolute atomic E-state index is 12.1. The van der Waals surface area contributed by atoms with Crippen LogP contribution in [0.1, 0.15) is 40.2 Å². The lowest BCUT2D eigenvalue weighted by Crippen LogP contribution is -2.33. The number of fused-ring (bicyclic) bond motifs is 1. The molecule has 4 N–H and O–H groups in total. The molecule has 0 fully saturated rings. The summed E-state index contributed by atoms with van der Waals surface area (Å²) in [6.07, 6.45) is 1.76. The number of rotatable bonds is 4. The molecular weight excluding hydrogens is 252 g/mol. The largest absolute Gasteiger partial charge is 0.395 e. The average Bonchev–Trinajstić information content (AvgIpc) is 2.80. The Balaban J connectivity index is 1.62. The Hall–Kier alpha value is -2.30. The van der Waals surface area contributed by atoms with Crippen molar-refractivity contribution in [2.24, 2.45) is 0 Å². The van der Waals surface area contributed by atoms with Crippen molar-refractivity contribution in [2.75, 3.05) is 12.3 Å². The molecule has 5 heteroatoms. The number of nitrogen functional groups attached to an aromatic ring is 1. The zero-order valence-electron chi connectivity index (χ0n) is 11.4. The number of nitrogens with one attached hydrogen (secondary N) is 2. The maximum atomic E-state index is 12.1. The Morgan fingerprint density at radius 1 is 1.50 bits per heavy atom. The van der Waals surface area contributed by atoms with E-state index in [1.807, 2.05) is 19.1 Å². The van der Waals surface area contributed by atoms with Crippen LogP contribution in [-0.4, -0.2) is 22.6 Å². The predicted molar refractivity (Wildman–Crippen MR) is 77.6 cm³/mol. The predicted octanol–water partition coefficient (Wildman–Crippen LogP) is 1.62. The van der Waals surface area contributed by atoms with Crippen molar-refractivity contribution < 1.29 is 4.79 Å². The third-order valence-electron chi connectivity index (χ3n) is 3.92. The molecule has 1 aliphatic rings. The third kappa shape index (κ3) is 2.05. The molecule has 0 spiro atoms. The number of nitrogens with two attached hydrogens (primary N) is 1. The second-order valence-corrected chi connectivity index (χ2v) is 5.13. The third-order valence-corrected chi connectivity index (χ3v) is 3.92. The van der Waals surface area contributed by atoms with Crippen LogP contribution < -0.4 is 11.1 Å². The maximum Gasteiger partial charge on any atom is 0.273 e. The van der Waals surface area contributed by atoms with Gasteiger partial charge < -0.3 is 11.1 Å². The normalized spacial score (nSPS) is 16.4. The van der Waals surface area contributed by atoms with Gasteiger partial charge in [0.05, 0.1) is 11.4 Å². The summed E-state index contributed by atoms with van der Waals surface area (Å²) in [5.74, 6) is 0.198. The summed E-state index contributed by atoms with van der Waals surface area (Å²) in [6.45, 7) is 2.60. The van der Waals surface area contributed by atoms with Crippen molar-refractivity contribution in [3.05, 3.63) is 46.8 Å². The van der Waals surface area contributed by atoms with Gasteiger partial charge in [0, 0.05) is 12.5 Å². The molecule has 0 saturated carbocycles. The molecule has 1 aliphatic carbocycles. The van der Waals surface area contributed by atoms with E-state index in [1.165, 1.54) is 11.1 Å². The van der Waals surface area contributed by atoms with E-state index in [9.17, 15) is 4.79 Å². The lowest BCUT2D eigenvalue weighted by atomic mass is 9.77. The number of anilines is 1. The monoisotopic (exact) mass is 270 g/mol. The number of aryl methyl sites for hydroxylation is 1. The van der Waals surface area contributed by atoms with E-state index >= 15 is 0 Å². The van der Waals surface area contributed by atoms with Gasteiger partial charge >= 0.3 is 0 Å². The lowest BCUT2D eigenvalue weighted by Gasteiger charge is -2.30. The van der Waals surface area contributed by atoms with E-state index in [0.29, 0.717) is 23.8 Å². The van der Waals surface area contributed by atoms with Crippen molar-refractivity contribution >= 4 is 11.6 Å². The lowest BCUT2D eigenvalue weighted by molar-refractivity contribution is 0.0946. The summed E-state index contributed by atoms with van der Waals surface area (Å²) < 4.78 is 0. The number of aromatic amines is 1. The van der Waals surface area contributed by atoms with E-state index in [1.54, 1.807) is 0 Å². The Labute approximate surface area is 117 Å². The Kier molecular flexibility index (Phi) is 3.18. The van der Waals surface area contributed by atoms with E-state index in [0.717, 1.165) is 18.5 Å². The van der Waals surface area contributed by atoms with Crippen molar-refractivity contribution in [3.8, 4) is 0 Å². The molecule has 1 atom stereocenters. The fourth-order valence-corrected chi connectivity index (χ4v) is 2.67. The molecule has 1 aromatic heterocycles. The minimum absolute atomic E-state index is 0.206. The first-order valence-electron chi connectivity index (χ1n) is 6.89. The van der Waals surface area contributed by atoms with Crippen LogP contribution in [0.25, 0.3) is 0 Å². The highest BCUT2D eigenvalue weighted by atomic mass is 16.1. The Morgan fingerprint density at radius 3 is 3.00 bits per heavy atom. The first kappa shape index (κ1) is 12.7. The highest BCUT2D eigenvalue weighted by Gasteiger charge is 2.26.